The summed E-state index contributed by atoms with van der Waals surface area (Å²) < 4.78 is 10.5. The molecule has 1 amide bonds. The highest BCUT2D eigenvalue weighted by atomic mass is 35.5. The quantitative estimate of drug-likeness (QED) is 0.480. The van der Waals surface area contributed by atoms with Crippen molar-refractivity contribution in [3.63, 3.8) is 0 Å². The van der Waals surface area contributed by atoms with Gasteiger partial charge in [0.05, 0.1) is 22.5 Å². The van der Waals surface area contributed by atoms with Crippen LogP contribution >= 0.6 is 35.3 Å². The van der Waals surface area contributed by atoms with E-state index in [4.69, 9.17) is 9.72 Å². The summed E-state index contributed by atoms with van der Waals surface area (Å²) in [7, 11) is 0. The first-order chi connectivity index (χ1) is 13.6. The zero-order valence-corrected chi connectivity index (χ0v) is 19.5. The van der Waals surface area contributed by atoms with Crippen LogP contribution in [0.5, 0.6) is 5.75 Å². The van der Waals surface area contributed by atoms with E-state index in [1.165, 1.54) is 11.3 Å². The van der Waals surface area contributed by atoms with Crippen LogP contribution in [-0.2, 0) is 0 Å². The van der Waals surface area contributed by atoms with Crippen LogP contribution in [0, 0.1) is 6.92 Å². The molecule has 0 aliphatic rings. The second-order valence-corrected chi connectivity index (χ2v) is 7.99. The molecule has 158 valence electrons. The van der Waals surface area contributed by atoms with Gasteiger partial charge in [0, 0.05) is 13.1 Å². The molecule has 2 aromatic heterocycles. The predicted octanol–water partition coefficient (Wildman–Crippen LogP) is 4.27. The topological polar surface area (TPSA) is 71.5 Å². The summed E-state index contributed by atoms with van der Waals surface area (Å²) in [5.41, 5.74) is 1.52. The molecule has 0 saturated carbocycles. The van der Waals surface area contributed by atoms with Gasteiger partial charge in [-0.15, -0.1) is 17.5 Å². The van der Waals surface area contributed by atoms with Gasteiger partial charge in [-0.05, 0) is 56.7 Å². The molecule has 1 aromatic carbocycles. The Morgan fingerprint density at radius 1 is 1.17 bits per heavy atom. The lowest BCUT2D eigenvalue weighted by Gasteiger charge is -2.24. The standard InChI is InChI=1S/C19H25N5O2S2.ClH/c1-5-23(6-2)10-11-24(18(25)17-13(4)21-22-28-17)19-20-15-9-8-14(26-7-3)12-16(15)27-19;/h8-9,12H,5-7,10-11H2,1-4H3;1H. The predicted molar refractivity (Wildman–Crippen MR) is 122 cm³/mol. The second-order valence-electron chi connectivity index (χ2n) is 6.23. The number of thiazole rings is 1. The van der Waals surface area contributed by atoms with Gasteiger partial charge in [-0.3, -0.25) is 9.69 Å². The van der Waals surface area contributed by atoms with Crippen molar-refractivity contribution in [3.05, 3.63) is 28.8 Å². The van der Waals surface area contributed by atoms with Crippen molar-refractivity contribution in [1.82, 2.24) is 19.5 Å². The molecule has 10 heteroatoms. The number of amides is 1. The van der Waals surface area contributed by atoms with Gasteiger partial charge in [0.25, 0.3) is 5.91 Å². The van der Waals surface area contributed by atoms with Crippen molar-refractivity contribution in [2.75, 3.05) is 37.7 Å². The number of carbonyl (C=O) groups is 1. The molecule has 29 heavy (non-hydrogen) atoms. The Bertz CT molecular complexity index is 942. The second kappa shape index (κ2) is 10.8. The maximum atomic E-state index is 13.2. The number of rotatable bonds is 9. The van der Waals surface area contributed by atoms with Gasteiger partial charge in [-0.1, -0.05) is 29.7 Å². The maximum absolute atomic E-state index is 13.2. The molecule has 0 radical (unpaired) electrons. The lowest BCUT2D eigenvalue weighted by atomic mass is 10.3. The molecule has 7 nitrogen and oxygen atoms in total. The lowest BCUT2D eigenvalue weighted by molar-refractivity contribution is 0.0987. The molecule has 0 saturated heterocycles. The summed E-state index contributed by atoms with van der Waals surface area (Å²) >= 11 is 2.64. The number of halogens is 1. The number of likely N-dealkylation sites (N-methyl/N-ethyl adjacent to an activating group) is 1. The van der Waals surface area contributed by atoms with Crippen LogP contribution in [0.3, 0.4) is 0 Å². The third-order valence-electron chi connectivity index (χ3n) is 4.52. The van der Waals surface area contributed by atoms with Crippen LogP contribution in [0.1, 0.15) is 36.1 Å². The highest BCUT2D eigenvalue weighted by molar-refractivity contribution is 7.22. The summed E-state index contributed by atoms with van der Waals surface area (Å²) in [5.74, 6) is 0.720. The Morgan fingerprint density at radius 3 is 2.55 bits per heavy atom. The SMILES string of the molecule is CCOc1ccc2nc(N(CCN(CC)CC)C(=O)c3snnc3C)sc2c1.Cl. The van der Waals surface area contributed by atoms with Gasteiger partial charge < -0.3 is 9.64 Å². The number of anilines is 1. The van der Waals surface area contributed by atoms with E-state index in [1.54, 1.807) is 4.90 Å². The van der Waals surface area contributed by atoms with Crippen LogP contribution in [0.15, 0.2) is 18.2 Å². The first-order valence-electron chi connectivity index (χ1n) is 9.43. The molecule has 0 bridgehead atoms. The molecule has 0 fully saturated rings. The highest BCUT2D eigenvalue weighted by Crippen LogP contribution is 2.32. The largest absolute Gasteiger partial charge is 0.494 e. The number of ether oxygens (including phenoxy) is 1. The van der Waals surface area contributed by atoms with Gasteiger partial charge in [-0.25, -0.2) is 4.98 Å². The number of hydrogen-bond donors (Lipinski definition) is 0. The summed E-state index contributed by atoms with van der Waals surface area (Å²) in [4.78, 5) is 22.6. The molecule has 0 atom stereocenters. The first kappa shape index (κ1) is 23.5. The van der Waals surface area contributed by atoms with Crippen LogP contribution in [-0.4, -0.2) is 58.2 Å². The van der Waals surface area contributed by atoms with Crippen LogP contribution in [0.4, 0.5) is 5.13 Å². The van der Waals surface area contributed by atoms with E-state index >= 15 is 0 Å². The first-order valence-corrected chi connectivity index (χ1v) is 11.0. The average molecular weight is 456 g/mol. The van der Waals surface area contributed by atoms with Crippen molar-refractivity contribution in [2.24, 2.45) is 0 Å². The molecule has 0 spiro atoms. The number of benzene rings is 1. The van der Waals surface area contributed by atoms with Gasteiger partial charge in [-0.2, -0.15) is 0 Å². The van der Waals surface area contributed by atoms with Gasteiger partial charge in [0.15, 0.2) is 5.13 Å². The van der Waals surface area contributed by atoms with E-state index in [1.807, 2.05) is 32.0 Å². The summed E-state index contributed by atoms with van der Waals surface area (Å²) in [5, 5.41) is 4.68. The number of carbonyl (C=O) groups excluding carboxylic acids is 1. The van der Waals surface area contributed by atoms with Crippen molar-refractivity contribution in [3.8, 4) is 5.75 Å². The Balaban J connectivity index is 0.00000300. The van der Waals surface area contributed by atoms with Gasteiger partial charge in [0.2, 0.25) is 0 Å². The zero-order valence-electron chi connectivity index (χ0n) is 17.0. The Morgan fingerprint density at radius 2 is 1.93 bits per heavy atom. The molecule has 0 aliphatic heterocycles. The third-order valence-corrected chi connectivity index (χ3v) is 6.37. The maximum Gasteiger partial charge on any atom is 0.273 e. The van der Waals surface area contributed by atoms with Crippen LogP contribution < -0.4 is 9.64 Å². The molecular formula is C19H26ClN5O2S2. The van der Waals surface area contributed by atoms with Crippen molar-refractivity contribution in [1.29, 1.82) is 0 Å². The van der Waals surface area contributed by atoms with E-state index in [2.05, 4.69) is 28.3 Å². The fraction of sp³-hybridized carbons (Fsp3) is 0.474. The van der Waals surface area contributed by atoms with Crippen molar-refractivity contribution >= 4 is 56.5 Å². The van der Waals surface area contributed by atoms with Crippen LogP contribution in [0.25, 0.3) is 10.2 Å². The number of hydrogen-bond acceptors (Lipinski definition) is 8. The summed E-state index contributed by atoms with van der Waals surface area (Å²) in [6, 6.07) is 5.83. The summed E-state index contributed by atoms with van der Waals surface area (Å²) in [6.07, 6.45) is 0. The number of aryl methyl sites for hydroxylation is 1. The molecule has 0 unspecified atom stereocenters. The smallest absolute Gasteiger partial charge is 0.273 e. The highest BCUT2D eigenvalue weighted by Gasteiger charge is 2.25. The normalized spacial score (nSPS) is 10.9. The molecule has 0 aliphatic carbocycles. The molecule has 2 heterocycles. The van der Waals surface area contributed by atoms with Gasteiger partial charge >= 0.3 is 0 Å². The van der Waals surface area contributed by atoms with E-state index in [-0.39, 0.29) is 18.3 Å². The van der Waals surface area contributed by atoms with Crippen LogP contribution in [0.2, 0.25) is 0 Å². The lowest BCUT2D eigenvalue weighted by Crippen LogP contribution is -2.38. The van der Waals surface area contributed by atoms with Gasteiger partial charge in [0.1, 0.15) is 10.6 Å². The minimum atomic E-state index is -0.0938. The van der Waals surface area contributed by atoms with E-state index < -0.39 is 0 Å². The number of fused-ring (bicyclic) bond motifs is 1. The Kier molecular flexibility index (Phi) is 8.76. The third kappa shape index (κ3) is 5.42. The van der Waals surface area contributed by atoms with E-state index in [9.17, 15) is 4.79 Å². The van der Waals surface area contributed by atoms with E-state index in [0.29, 0.717) is 28.9 Å². The Labute approximate surface area is 185 Å². The number of nitrogens with zero attached hydrogens (tertiary/aromatic N) is 5. The fourth-order valence-corrected chi connectivity index (χ4v) is 4.50. The number of aromatic nitrogens is 3. The molecule has 3 aromatic rings. The average Bonchev–Trinajstić information content (AvgIpc) is 3.30. The van der Waals surface area contributed by atoms with Crippen molar-refractivity contribution in [2.45, 2.75) is 27.7 Å². The minimum absolute atomic E-state index is 0. The molecular weight excluding hydrogens is 430 g/mol. The zero-order chi connectivity index (χ0) is 20.1. The van der Waals surface area contributed by atoms with Crippen molar-refractivity contribution < 1.29 is 9.53 Å². The van der Waals surface area contributed by atoms with E-state index in [0.717, 1.165) is 47.1 Å². The molecule has 0 N–H and O–H groups in total. The fourth-order valence-electron chi connectivity index (χ4n) is 2.88. The minimum Gasteiger partial charge on any atom is -0.494 e. The Hall–Kier alpha value is -1.81. The summed E-state index contributed by atoms with van der Waals surface area (Å²) in [6.45, 7) is 11.9. The monoisotopic (exact) mass is 455 g/mol. The molecule has 3 rings (SSSR count).